The molecule has 0 aliphatic rings. The predicted octanol–water partition coefficient (Wildman–Crippen LogP) is 4.07. The second-order valence-corrected chi connectivity index (χ2v) is 5.86. The summed E-state index contributed by atoms with van der Waals surface area (Å²) >= 11 is 1.63. The van der Waals surface area contributed by atoms with E-state index in [1.165, 1.54) is 0 Å². The standard InChI is InChI=1S/C16H20N2O2S/c1-3-14(15-8-5-9-21-15)18-16(20)17-13-7-4-6-12(10-13)11(2)19/h4-11,14,19H,3H2,1-2H3,(H2,17,18,20). The number of aliphatic hydroxyl groups excluding tert-OH is 1. The predicted molar refractivity (Wildman–Crippen MR) is 86.6 cm³/mol. The van der Waals surface area contributed by atoms with Gasteiger partial charge in [0, 0.05) is 10.6 Å². The smallest absolute Gasteiger partial charge is 0.319 e. The zero-order valence-corrected chi connectivity index (χ0v) is 13.0. The van der Waals surface area contributed by atoms with Gasteiger partial charge < -0.3 is 15.7 Å². The van der Waals surface area contributed by atoms with Crippen LogP contribution in [0.15, 0.2) is 41.8 Å². The molecule has 0 aliphatic carbocycles. The third kappa shape index (κ3) is 4.31. The molecule has 2 rings (SSSR count). The van der Waals surface area contributed by atoms with Crippen LogP contribution in [0.3, 0.4) is 0 Å². The fourth-order valence-corrected chi connectivity index (χ4v) is 2.93. The first kappa shape index (κ1) is 15.5. The van der Waals surface area contributed by atoms with Crippen molar-refractivity contribution in [1.82, 2.24) is 5.32 Å². The van der Waals surface area contributed by atoms with Gasteiger partial charge in [-0.3, -0.25) is 0 Å². The lowest BCUT2D eigenvalue weighted by atomic mass is 10.1. The van der Waals surface area contributed by atoms with E-state index in [1.54, 1.807) is 30.4 Å². The Morgan fingerprint density at radius 3 is 2.76 bits per heavy atom. The highest BCUT2D eigenvalue weighted by molar-refractivity contribution is 7.10. The van der Waals surface area contributed by atoms with E-state index >= 15 is 0 Å². The molecule has 5 heteroatoms. The number of urea groups is 1. The van der Waals surface area contributed by atoms with Crippen molar-refractivity contribution in [2.75, 3.05) is 5.32 Å². The molecule has 1 aromatic heterocycles. The Balaban J connectivity index is 1.99. The number of carbonyl (C=O) groups excluding carboxylic acids is 1. The zero-order chi connectivity index (χ0) is 15.2. The van der Waals surface area contributed by atoms with Crippen LogP contribution >= 0.6 is 11.3 Å². The van der Waals surface area contributed by atoms with E-state index < -0.39 is 6.10 Å². The molecule has 0 aliphatic heterocycles. The maximum Gasteiger partial charge on any atom is 0.319 e. The molecular weight excluding hydrogens is 284 g/mol. The van der Waals surface area contributed by atoms with Gasteiger partial charge in [0.25, 0.3) is 0 Å². The Morgan fingerprint density at radius 1 is 1.33 bits per heavy atom. The first-order valence-electron chi connectivity index (χ1n) is 6.99. The largest absolute Gasteiger partial charge is 0.389 e. The first-order chi connectivity index (χ1) is 10.1. The summed E-state index contributed by atoms with van der Waals surface area (Å²) in [5, 5.41) is 17.3. The maximum absolute atomic E-state index is 12.1. The van der Waals surface area contributed by atoms with Gasteiger partial charge in [0.1, 0.15) is 0 Å². The van der Waals surface area contributed by atoms with Crippen molar-refractivity contribution in [2.24, 2.45) is 0 Å². The van der Waals surface area contributed by atoms with E-state index in [4.69, 9.17) is 0 Å². The van der Waals surface area contributed by atoms with Gasteiger partial charge in [-0.2, -0.15) is 0 Å². The highest BCUT2D eigenvalue weighted by atomic mass is 32.1. The lowest BCUT2D eigenvalue weighted by Crippen LogP contribution is -2.31. The number of nitrogens with one attached hydrogen (secondary N) is 2. The summed E-state index contributed by atoms with van der Waals surface area (Å²) in [5.74, 6) is 0. The van der Waals surface area contributed by atoms with Crippen LogP contribution in [0, 0.1) is 0 Å². The SMILES string of the molecule is CCC(NC(=O)Nc1cccc(C(C)O)c1)c1cccs1. The average molecular weight is 304 g/mol. The molecule has 1 aromatic carbocycles. The van der Waals surface area contributed by atoms with Crippen molar-refractivity contribution in [3.05, 3.63) is 52.2 Å². The van der Waals surface area contributed by atoms with Gasteiger partial charge in [0.05, 0.1) is 12.1 Å². The van der Waals surface area contributed by atoms with Crippen molar-refractivity contribution in [1.29, 1.82) is 0 Å². The summed E-state index contributed by atoms with van der Waals surface area (Å²) in [6.07, 6.45) is 0.283. The number of carbonyl (C=O) groups is 1. The molecule has 2 aromatic rings. The number of rotatable bonds is 5. The van der Waals surface area contributed by atoms with Crippen LogP contribution in [-0.4, -0.2) is 11.1 Å². The number of amides is 2. The quantitative estimate of drug-likeness (QED) is 0.779. The molecule has 1 heterocycles. The van der Waals surface area contributed by atoms with E-state index in [0.29, 0.717) is 5.69 Å². The van der Waals surface area contributed by atoms with Crippen molar-refractivity contribution >= 4 is 23.1 Å². The molecule has 0 bridgehead atoms. The van der Waals surface area contributed by atoms with Crippen LogP contribution in [0.1, 0.15) is 42.9 Å². The summed E-state index contributed by atoms with van der Waals surface area (Å²) in [6.45, 7) is 3.74. The van der Waals surface area contributed by atoms with Gasteiger partial charge in [-0.15, -0.1) is 11.3 Å². The molecule has 0 saturated heterocycles. The Bertz CT molecular complexity index is 582. The Morgan fingerprint density at radius 2 is 2.14 bits per heavy atom. The van der Waals surface area contributed by atoms with Crippen LogP contribution in [0.2, 0.25) is 0 Å². The second kappa shape index (κ2) is 7.24. The normalized spacial score (nSPS) is 13.5. The van der Waals surface area contributed by atoms with Gasteiger partial charge in [-0.25, -0.2) is 4.79 Å². The van der Waals surface area contributed by atoms with Crippen molar-refractivity contribution in [3.8, 4) is 0 Å². The van der Waals surface area contributed by atoms with Crippen LogP contribution < -0.4 is 10.6 Å². The number of anilines is 1. The summed E-state index contributed by atoms with van der Waals surface area (Å²) in [7, 11) is 0. The van der Waals surface area contributed by atoms with Gasteiger partial charge >= 0.3 is 6.03 Å². The minimum absolute atomic E-state index is 0.0185. The first-order valence-corrected chi connectivity index (χ1v) is 7.87. The average Bonchev–Trinajstić information content (AvgIpc) is 2.99. The molecule has 4 nitrogen and oxygen atoms in total. The molecule has 112 valence electrons. The van der Waals surface area contributed by atoms with E-state index in [2.05, 4.69) is 10.6 Å². The van der Waals surface area contributed by atoms with Gasteiger partial charge in [-0.05, 0) is 42.5 Å². The molecule has 0 fully saturated rings. The van der Waals surface area contributed by atoms with E-state index in [-0.39, 0.29) is 12.1 Å². The minimum Gasteiger partial charge on any atom is -0.389 e. The molecule has 2 amide bonds. The van der Waals surface area contributed by atoms with Crippen molar-refractivity contribution in [3.63, 3.8) is 0 Å². The fourth-order valence-electron chi connectivity index (χ4n) is 2.07. The molecular formula is C16H20N2O2S. The van der Waals surface area contributed by atoms with Gasteiger partial charge in [0.15, 0.2) is 0 Å². The molecule has 3 N–H and O–H groups in total. The fraction of sp³-hybridized carbons (Fsp3) is 0.312. The summed E-state index contributed by atoms with van der Waals surface area (Å²) < 4.78 is 0. The summed E-state index contributed by atoms with van der Waals surface area (Å²) in [5.41, 5.74) is 1.45. The number of hydrogen-bond acceptors (Lipinski definition) is 3. The number of hydrogen-bond donors (Lipinski definition) is 3. The van der Waals surface area contributed by atoms with E-state index in [0.717, 1.165) is 16.9 Å². The molecule has 0 radical (unpaired) electrons. The Kier molecular flexibility index (Phi) is 5.36. The third-order valence-corrected chi connectivity index (χ3v) is 4.21. The number of aliphatic hydroxyl groups is 1. The van der Waals surface area contributed by atoms with Crippen LogP contribution in [0.5, 0.6) is 0 Å². The number of thiophene rings is 1. The molecule has 0 spiro atoms. The molecule has 2 atom stereocenters. The minimum atomic E-state index is -0.552. The third-order valence-electron chi connectivity index (χ3n) is 3.23. The highest BCUT2D eigenvalue weighted by Crippen LogP contribution is 2.22. The summed E-state index contributed by atoms with van der Waals surface area (Å²) in [4.78, 5) is 13.2. The lowest BCUT2D eigenvalue weighted by Gasteiger charge is -2.16. The molecule has 0 saturated carbocycles. The van der Waals surface area contributed by atoms with Crippen LogP contribution in [-0.2, 0) is 0 Å². The van der Waals surface area contributed by atoms with Crippen LogP contribution in [0.4, 0.5) is 10.5 Å². The molecule has 2 unspecified atom stereocenters. The second-order valence-electron chi connectivity index (χ2n) is 4.88. The van der Waals surface area contributed by atoms with Crippen molar-refractivity contribution < 1.29 is 9.90 Å². The Hall–Kier alpha value is -1.85. The topological polar surface area (TPSA) is 61.4 Å². The lowest BCUT2D eigenvalue weighted by molar-refractivity contribution is 0.199. The van der Waals surface area contributed by atoms with Gasteiger partial charge in [-0.1, -0.05) is 25.1 Å². The monoisotopic (exact) mass is 304 g/mol. The maximum atomic E-state index is 12.1. The van der Waals surface area contributed by atoms with Crippen molar-refractivity contribution in [2.45, 2.75) is 32.4 Å². The highest BCUT2D eigenvalue weighted by Gasteiger charge is 2.13. The Labute approximate surface area is 128 Å². The molecule has 21 heavy (non-hydrogen) atoms. The summed E-state index contributed by atoms with van der Waals surface area (Å²) in [6, 6.07) is 11.0. The van der Waals surface area contributed by atoms with Crippen LogP contribution in [0.25, 0.3) is 0 Å². The zero-order valence-electron chi connectivity index (χ0n) is 12.2. The van der Waals surface area contributed by atoms with Gasteiger partial charge in [0.2, 0.25) is 0 Å². The van der Waals surface area contributed by atoms with E-state index in [1.807, 2.05) is 36.6 Å². The number of benzene rings is 1. The van der Waals surface area contributed by atoms with E-state index in [9.17, 15) is 9.90 Å².